The maximum atomic E-state index is 13.4. The summed E-state index contributed by atoms with van der Waals surface area (Å²) in [5.74, 6) is -0.729. The van der Waals surface area contributed by atoms with E-state index in [0.29, 0.717) is 44.7 Å². The molecule has 0 bridgehead atoms. The van der Waals surface area contributed by atoms with Gasteiger partial charge in [-0.15, -0.1) is 0 Å². The summed E-state index contributed by atoms with van der Waals surface area (Å²) in [6.07, 6.45) is 0.395. The fraction of sp³-hybridized carbons (Fsp3) is 0.609. The number of alkyl halides is 3. The molecule has 9 heteroatoms. The van der Waals surface area contributed by atoms with E-state index in [-0.39, 0.29) is 11.8 Å². The minimum Gasteiger partial charge on any atom is -0.371 e. The lowest BCUT2D eigenvalue weighted by molar-refractivity contribution is -0.138. The van der Waals surface area contributed by atoms with E-state index < -0.39 is 34.5 Å². The average molecular weight is 448 g/mol. The number of hydrogen-bond acceptors (Lipinski definition) is 4. The number of primary amides is 1. The number of nitrogens with zero attached hydrogens (tertiary/aromatic N) is 3. The molecular formula is C23H27F3N4O2. The molecule has 1 unspecified atom stereocenters. The molecule has 2 heterocycles. The van der Waals surface area contributed by atoms with Crippen LogP contribution in [0, 0.1) is 28.6 Å². The van der Waals surface area contributed by atoms with Crippen molar-refractivity contribution in [2.24, 2.45) is 23.0 Å². The van der Waals surface area contributed by atoms with Crippen LogP contribution in [0.5, 0.6) is 0 Å². The summed E-state index contributed by atoms with van der Waals surface area (Å²) < 4.78 is 40.1. The molecule has 32 heavy (non-hydrogen) atoms. The van der Waals surface area contributed by atoms with Crippen molar-refractivity contribution in [2.75, 3.05) is 31.1 Å². The lowest BCUT2D eigenvalue weighted by Crippen LogP contribution is -2.47. The van der Waals surface area contributed by atoms with Gasteiger partial charge < -0.3 is 15.5 Å². The summed E-state index contributed by atoms with van der Waals surface area (Å²) in [5, 5.41) is 9.01. The summed E-state index contributed by atoms with van der Waals surface area (Å²) in [6.45, 7) is 1.72. The standard InChI is InChI=1S/C23H27F3N4O2/c24-23(25,26)18-11-17(6-5-16(18)12-27)29-9-7-22(8-10-29)14-30(13-19(22)20(28)31)21(32)15-3-1-2-4-15/h5-6,11,15,19H,1-4,7-10,13-14H2,(H2,28,31). The maximum Gasteiger partial charge on any atom is 0.417 e. The molecule has 3 fully saturated rings. The highest BCUT2D eigenvalue weighted by Crippen LogP contribution is 2.46. The van der Waals surface area contributed by atoms with Crippen molar-refractivity contribution in [1.82, 2.24) is 4.90 Å². The quantitative estimate of drug-likeness (QED) is 0.768. The van der Waals surface area contributed by atoms with Gasteiger partial charge in [0.1, 0.15) is 0 Å². The molecule has 1 aromatic rings. The van der Waals surface area contributed by atoms with E-state index in [1.807, 2.05) is 4.90 Å². The van der Waals surface area contributed by atoms with E-state index in [1.54, 1.807) is 11.0 Å². The van der Waals surface area contributed by atoms with Gasteiger partial charge in [0.05, 0.1) is 23.1 Å². The van der Waals surface area contributed by atoms with Gasteiger partial charge in [-0.05, 0) is 43.9 Å². The molecule has 4 rings (SSSR count). The first-order valence-corrected chi connectivity index (χ1v) is 11.1. The Bertz CT molecular complexity index is 942. The predicted molar refractivity (Wildman–Crippen MR) is 111 cm³/mol. The number of amides is 2. The SMILES string of the molecule is N#Cc1ccc(N2CCC3(CC2)CN(C(=O)C2CCCC2)CC3C(N)=O)cc1C(F)(F)F. The van der Waals surface area contributed by atoms with Crippen molar-refractivity contribution in [1.29, 1.82) is 5.26 Å². The molecule has 2 N–H and O–H groups in total. The van der Waals surface area contributed by atoms with E-state index in [4.69, 9.17) is 11.0 Å². The number of anilines is 1. The normalized spacial score (nSPS) is 23.5. The van der Waals surface area contributed by atoms with Crippen molar-refractivity contribution >= 4 is 17.5 Å². The minimum absolute atomic E-state index is 0.0261. The molecular weight excluding hydrogens is 421 g/mol. The number of rotatable bonds is 3. The molecule has 1 atom stereocenters. The Hall–Kier alpha value is -2.76. The third kappa shape index (κ3) is 4.03. The topological polar surface area (TPSA) is 90.4 Å². The minimum atomic E-state index is -4.61. The number of nitrogens with two attached hydrogens (primary N) is 1. The van der Waals surface area contributed by atoms with Gasteiger partial charge in [-0.2, -0.15) is 18.4 Å². The number of halogens is 3. The molecule has 1 aromatic carbocycles. The average Bonchev–Trinajstić information content (AvgIpc) is 3.42. The second kappa shape index (κ2) is 8.30. The van der Waals surface area contributed by atoms with Gasteiger partial charge in [-0.1, -0.05) is 12.8 Å². The molecule has 2 aliphatic heterocycles. The second-order valence-corrected chi connectivity index (χ2v) is 9.34. The largest absolute Gasteiger partial charge is 0.417 e. The summed E-state index contributed by atoms with van der Waals surface area (Å²) in [6, 6.07) is 5.35. The fourth-order valence-electron chi connectivity index (χ4n) is 5.74. The van der Waals surface area contributed by atoms with Crippen molar-refractivity contribution < 1.29 is 22.8 Å². The van der Waals surface area contributed by atoms with Crippen LogP contribution in [0.2, 0.25) is 0 Å². The number of benzene rings is 1. The van der Waals surface area contributed by atoms with Gasteiger partial charge in [-0.3, -0.25) is 9.59 Å². The zero-order valence-corrected chi connectivity index (χ0v) is 17.8. The number of carbonyl (C=O) groups is 2. The highest BCUT2D eigenvalue weighted by atomic mass is 19.4. The van der Waals surface area contributed by atoms with Gasteiger partial charge in [0.25, 0.3) is 0 Å². The molecule has 2 amide bonds. The predicted octanol–water partition coefficient (Wildman–Crippen LogP) is 3.30. The third-order valence-electron chi connectivity index (χ3n) is 7.56. The summed E-state index contributed by atoms with van der Waals surface area (Å²) in [4.78, 5) is 28.9. The van der Waals surface area contributed by atoms with E-state index in [2.05, 4.69) is 0 Å². The molecule has 0 aromatic heterocycles. The number of likely N-dealkylation sites (tertiary alicyclic amines) is 1. The van der Waals surface area contributed by atoms with Crippen LogP contribution in [0.15, 0.2) is 18.2 Å². The number of nitriles is 1. The van der Waals surface area contributed by atoms with Gasteiger partial charge in [0, 0.05) is 43.2 Å². The first kappa shape index (κ1) is 22.4. The van der Waals surface area contributed by atoms with E-state index >= 15 is 0 Å². The molecule has 3 aliphatic rings. The van der Waals surface area contributed by atoms with Crippen LogP contribution in [-0.4, -0.2) is 42.9 Å². The van der Waals surface area contributed by atoms with Gasteiger partial charge >= 0.3 is 6.18 Å². The maximum absolute atomic E-state index is 13.4. The molecule has 1 spiro atoms. The number of piperidine rings is 1. The lowest BCUT2D eigenvalue weighted by Gasteiger charge is -2.42. The monoisotopic (exact) mass is 448 g/mol. The van der Waals surface area contributed by atoms with Crippen LogP contribution >= 0.6 is 0 Å². The van der Waals surface area contributed by atoms with Crippen molar-refractivity contribution in [2.45, 2.75) is 44.7 Å². The summed E-state index contributed by atoms with van der Waals surface area (Å²) >= 11 is 0. The Labute approximate surface area is 185 Å². The van der Waals surface area contributed by atoms with E-state index in [0.717, 1.165) is 31.7 Å². The lowest BCUT2D eigenvalue weighted by atomic mass is 9.70. The van der Waals surface area contributed by atoms with E-state index in [1.165, 1.54) is 12.1 Å². The Balaban J connectivity index is 1.51. The first-order chi connectivity index (χ1) is 15.1. The Morgan fingerprint density at radius 3 is 2.38 bits per heavy atom. The number of carbonyl (C=O) groups excluding carboxylic acids is 2. The van der Waals surface area contributed by atoms with Crippen LogP contribution in [0.25, 0.3) is 0 Å². The second-order valence-electron chi connectivity index (χ2n) is 9.34. The molecule has 6 nitrogen and oxygen atoms in total. The van der Waals surface area contributed by atoms with Gasteiger partial charge in [0.2, 0.25) is 11.8 Å². The highest BCUT2D eigenvalue weighted by molar-refractivity contribution is 5.83. The smallest absolute Gasteiger partial charge is 0.371 e. The van der Waals surface area contributed by atoms with Crippen LogP contribution in [0.1, 0.15) is 49.7 Å². The fourth-order valence-corrected chi connectivity index (χ4v) is 5.74. The zero-order chi connectivity index (χ0) is 23.1. The Morgan fingerprint density at radius 2 is 1.81 bits per heavy atom. The van der Waals surface area contributed by atoms with Crippen molar-refractivity contribution in [3.63, 3.8) is 0 Å². The van der Waals surface area contributed by atoms with Gasteiger partial charge in [0.15, 0.2) is 0 Å². The van der Waals surface area contributed by atoms with E-state index in [9.17, 15) is 22.8 Å². The first-order valence-electron chi connectivity index (χ1n) is 11.1. The van der Waals surface area contributed by atoms with Crippen LogP contribution in [0.4, 0.5) is 18.9 Å². The van der Waals surface area contributed by atoms with Crippen molar-refractivity contribution in [3.05, 3.63) is 29.3 Å². The summed E-state index contributed by atoms with van der Waals surface area (Å²) in [5.41, 5.74) is 4.34. The van der Waals surface area contributed by atoms with Crippen LogP contribution in [-0.2, 0) is 15.8 Å². The zero-order valence-electron chi connectivity index (χ0n) is 17.8. The third-order valence-corrected chi connectivity index (χ3v) is 7.56. The van der Waals surface area contributed by atoms with Crippen LogP contribution < -0.4 is 10.6 Å². The Kier molecular flexibility index (Phi) is 5.82. The van der Waals surface area contributed by atoms with Gasteiger partial charge in [-0.25, -0.2) is 0 Å². The summed E-state index contributed by atoms with van der Waals surface area (Å²) in [7, 11) is 0. The highest BCUT2D eigenvalue weighted by Gasteiger charge is 2.52. The molecule has 1 aliphatic carbocycles. The molecule has 1 saturated carbocycles. The Morgan fingerprint density at radius 1 is 1.16 bits per heavy atom. The number of hydrogen-bond donors (Lipinski definition) is 1. The molecule has 0 radical (unpaired) electrons. The van der Waals surface area contributed by atoms with Crippen LogP contribution in [0.3, 0.4) is 0 Å². The molecule has 2 saturated heterocycles. The van der Waals surface area contributed by atoms with Crippen molar-refractivity contribution in [3.8, 4) is 6.07 Å². The molecule has 172 valence electrons.